The lowest BCUT2D eigenvalue weighted by molar-refractivity contribution is 0.0307. The van der Waals surface area contributed by atoms with Gasteiger partial charge in [-0.25, -0.2) is 0 Å². The number of hydrogen-bond donors (Lipinski definition) is 1. The second-order valence-electron chi connectivity index (χ2n) is 5.84. The van der Waals surface area contributed by atoms with Crippen molar-refractivity contribution in [1.29, 1.82) is 0 Å². The number of hydrogen-bond acceptors (Lipinski definition) is 3. The molecule has 1 heterocycles. The van der Waals surface area contributed by atoms with E-state index in [9.17, 15) is 0 Å². The van der Waals surface area contributed by atoms with Crippen LogP contribution in [0.4, 0.5) is 0 Å². The molecular weight excluding hydrogens is 212 g/mol. The predicted molar refractivity (Wildman–Crippen MR) is 71.0 cm³/mol. The van der Waals surface area contributed by atoms with Gasteiger partial charge < -0.3 is 15.4 Å². The van der Waals surface area contributed by atoms with Crippen molar-refractivity contribution in [3.05, 3.63) is 0 Å². The lowest BCUT2D eigenvalue weighted by Gasteiger charge is -2.37. The molecule has 0 aromatic heterocycles. The molecule has 2 rings (SSSR count). The second-order valence-corrected chi connectivity index (χ2v) is 5.84. The zero-order valence-corrected chi connectivity index (χ0v) is 11.2. The lowest BCUT2D eigenvalue weighted by atomic mass is 9.90. The molecule has 17 heavy (non-hydrogen) atoms. The van der Waals surface area contributed by atoms with E-state index in [0.29, 0.717) is 6.04 Å². The van der Waals surface area contributed by atoms with Gasteiger partial charge in [0, 0.05) is 32.3 Å². The molecule has 1 saturated heterocycles. The van der Waals surface area contributed by atoms with Crippen LogP contribution in [0.1, 0.15) is 38.5 Å². The number of rotatable bonds is 5. The van der Waals surface area contributed by atoms with Crippen LogP contribution in [0, 0.1) is 11.8 Å². The van der Waals surface area contributed by atoms with Crippen molar-refractivity contribution in [2.24, 2.45) is 17.6 Å². The van der Waals surface area contributed by atoms with Crippen LogP contribution in [0.15, 0.2) is 0 Å². The highest BCUT2D eigenvalue weighted by Gasteiger charge is 2.28. The molecule has 0 radical (unpaired) electrons. The summed E-state index contributed by atoms with van der Waals surface area (Å²) in [7, 11) is 2.27. The van der Waals surface area contributed by atoms with Crippen molar-refractivity contribution in [2.75, 3.05) is 33.4 Å². The van der Waals surface area contributed by atoms with Crippen LogP contribution in [-0.4, -0.2) is 44.3 Å². The molecule has 0 aromatic rings. The van der Waals surface area contributed by atoms with Crippen LogP contribution < -0.4 is 5.73 Å². The van der Waals surface area contributed by atoms with Gasteiger partial charge in [0.05, 0.1) is 0 Å². The summed E-state index contributed by atoms with van der Waals surface area (Å²) in [6.45, 7) is 3.91. The maximum Gasteiger partial charge on any atom is 0.0469 e. The van der Waals surface area contributed by atoms with E-state index in [1.807, 2.05) is 0 Å². The molecule has 0 spiro atoms. The molecule has 0 amide bonds. The molecule has 2 aliphatic rings. The maximum absolute atomic E-state index is 6.00. The monoisotopic (exact) mass is 240 g/mol. The van der Waals surface area contributed by atoms with Crippen LogP contribution in [0.2, 0.25) is 0 Å². The lowest BCUT2D eigenvalue weighted by Crippen LogP contribution is -2.46. The normalized spacial score (nSPS) is 25.6. The van der Waals surface area contributed by atoms with E-state index < -0.39 is 0 Å². The summed E-state index contributed by atoms with van der Waals surface area (Å²) in [6, 6.07) is 0.569. The molecule has 3 heteroatoms. The fourth-order valence-corrected chi connectivity index (χ4v) is 3.57. The van der Waals surface area contributed by atoms with E-state index >= 15 is 0 Å². The summed E-state index contributed by atoms with van der Waals surface area (Å²) >= 11 is 0. The van der Waals surface area contributed by atoms with Gasteiger partial charge in [0.2, 0.25) is 0 Å². The molecule has 2 N–H and O–H groups in total. The molecule has 1 saturated carbocycles. The van der Waals surface area contributed by atoms with Gasteiger partial charge >= 0.3 is 0 Å². The van der Waals surface area contributed by atoms with Gasteiger partial charge in [-0.05, 0) is 44.6 Å². The van der Waals surface area contributed by atoms with Crippen molar-refractivity contribution in [3.63, 3.8) is 0 Å². The predicted octanol–water partition coefficient (Wildman–Crippen LogP) is 1.86. The highest BCUT2D eigenvalue weighted by Crippen LogP contribution is 2.28. The number of nitrogens with zero attached hydrogens (tertiary/aromatic N) is 1. The summed E-state index contributed by atoms with van der Waals surface area (Å²) < 4.78 is 5.45. The molecule has 1 aliphatic heterocycles. The molecular formula is C14H28N2O. The Balaban J connectivity index is 1.82. The molecule has 0 bridgehead atoms. The number of ether oxygens (including phenoxy) is 1. The van der Waals surface area contributed by atoms with Gasteiger partial charge in [-0.1, -0.05) is 12.8 Å². The summed E-state index contributed by atoms with van der Waals surface area (Å²) in [4.78, 5) is 2.53. The maximum atomic E-state index is 6.00. The Hall–Kier alpha value is -0.120. The van der Waals surface area contributed by atoms with Crippen LogP contribution in [0.5, 0.6) is 0 Å². The highest BCUT2D eigenvalue weighted by atomic mass is 16.5. The smallest absolute Gasteiger partial charge is 0.0469 e. The third kappa shape index (κ3) is 3.67. The Bertz CT molecular complexity index is 210. The van der Waals surface area contributed by atoms with Crippen molar-refractivity contribution < 1.29 is 4.74 Å². The van der Waals surface area contributed by atoms with E-state index in [0.717, 1.165) is 31.6 Å². The van der Waals surface area contributed by atoms with Crippen molar-refractivity contribution in [2.45, 2.75) is 44.6 Å². The van der Waals surface area contributed by atoms with Crippen molar-refractivity contribution in [3.8, 4) is 0 Å². The Morgan fingerprint density at radius 2 is 1.82 bits per heavy atom. The topological polar surface area (TPSA) is 38.5 Å². The SMILES string of the molecule is CN(CC1CCCC1)C(CN)C1CCOCC1. The first kappa shape index (κ1) is 13.3. The standard InChI is InChI=1S/C14H28N2O/c1-16(11-12-4-2-3-5-12)14(10-15)13-6-8-17-9-7-13/h12-14H,2-11,15H2,1H3. The second kappa shape index (κ2) is 6.72. The Labute approximate surface area is 106 Å². The fourth-order valence-electron chi connectivity index (χ4n) is 3.57. The number of nitrogens with two attached hydrogens (primary N) is 1. The Morgan fingerprint density at radius 1 is 1.18 bits per heavy atom. The zero-order valence-electron chi connectivity index (χ0n) is 11.2. The van der Waals surface area contributed by atoms with E-state index in [2.05, 4.69) is 11.9 Å². The summed E-state index contributed by atoms with van der Waals surface area (Å²) in [5, 5.41) is 0. The molecule has 3 nitrogen and oxygen atoms in total. The highest BCUT2D eigenvalue weighted by molar-refractivity contribution is 4.82. The molecule has 1 aliphatic carbocycles. The molecule has 2 fully saturated rings. The van der Waals surface area contributed by atoms with Gasteiger partial charge in [0.1, 0.15) is 0 Å². The Kier molecular flexibility index (Phi) is 5.26. The van der Waals surface area contributed by atoms with Gasteiger partial charge in [-0.15, -0.1) is 0 Å². The van der Waals surface area contributed by atoms with Crippen LogP contribution in [-0.2, 0) is 4.74 Å². The minimum absolute atomic E-state index is 0.569. The quantitative estimate of drug-likeness (QED) is 0.797. The minimum Gasteiger partial charge on any atom is -0.381 e. The molecule has 100 valence electrons. The first-order chi connectivity index (χ1) is 8.31. The van der Waals surface area contributed by atoms with Crippen LogP contribution >= 0.6 is 0 Å². The summed E-state index contributed by atoms with van der Waals surface area (Å²) in [5.74, 6) is 1.68. The minimum atomic E-state index is 0.569. The van der Waals surface area contributed by atoms with Gasteiger partial charge in [-0.3, -0.25) is 0 Å². The van der Waals surface area contributed by atoms with Crippen molar-refractivity contribution >= 4 is 0 Å². The fraction of sp³-hybridized carbons (Fsp3) is 1.00. The van der Waals surface area contributed by atoms with Crippen LogP contribution in [0.3, 0.4) is 0 Å². The van der Waals surface area contributed by atoms with Gasteiger partial charge in [0.25, 0.3) is 0 Å². The zero-order chi connectivity index (χ0) is 12.1. The third-order valence-electron chi connectivity index (χ3n) is 4.64. The summed E-state index contributed by atoms with van der Waals surface area (Å²) in [6.07, 6.45) is 8.10. The van der Waals surface area contributed by atoms with Gasteiger partial charge in [0.15, 0.2) is 0 Å². The molecule has 0 aromatic carbocycles. The van der Waals surface area contributed by atoms with E-state index in [1.165, 1.54) is 45.1 Å². The molecule has 1 atom stereocenters. The summed E-state index contributed by atoms with van der Waals surface area (Å²) in [5.41, 5.74) is 6.00. The van der Waals surface area contributed by atoms with Gasteiger partial charge in [-0.2, -0.15) is 0 Å². The van der Waals surface area contributed by atoms with Crippen LogP contribution in [0.25, 0.3) is 0 Å². The third-order valence-corrected chi connectivity index (χ3v) is 4.64. The van der Waals surface area contributed by atoms with E-state index in [-0.39, 0.29) is 0 Å². The first-order valence-electron chi connectivity index (χ1n) is 7.29. The Morgan fingerprint density at radius 3 is 2.41 bits per heavy atom. The van der Waals surface area contributed by atoms with E-state index in [4.69, 9.17) is 10.5 Å². The first-order valence-corrected chi connectivity index (χ1v) is 7.29. The average Bonchev–Trinajstić information content (AvgIpc) is 2.84. The van der Waals surface area contributed by atoms with Crippen molar-refractivity contribution in [1.82, 2.24) is 4.90 Å². The van der Waals surface area contributed by atoms with E-state index in [1.54, 1.807) is 0 Å². The number of likely N-dealkylation sites (N-methyl/N-ethyl adjacent to an activating group) is 1. The largest absolute Gasteiger partial charge is 0.381 e. The average molecular weight is 240 g/mol. The molecule has 1 unspecified atom stereocenters.